The lowest BCUT2D eigenvalue weighted by Crippen LogP contribution is -2.43. The van der Waals surface area contributed by atoms with Gasteiger partial charge in [0.25, 0.3) is 5.91 Å². The molecule has 1 aliphatic heterocycles. The Morgan fingerprint density at radius 1 is 1.29 bits per heavy atom. The SMILES string of the molecule is CCCCN(C)C(=O)C1CCN(C(=O)c2cccc(N)c2)CC1.Cl. The Kier molecular flexibility index (Phi) is 8.05. The lowest BCUT2D eigenvalue weighted by molar-refractivity contribution is -0.135. The number of hydrogen-bond acceptors (Lipinski definition) is 3. The second kappa shape index (κ2) is 9.52. The van der Waals surface area contributed by atoms with Gasteiger partial charge in [-0.15, -0.1) is 12.4 Å². The number of nitrogen functional groups attached to an aromatic ring is 1. The first-order valence-electron chi connectivity index (χ1n) is 8.42. The molecule has 0 unspecified atom stereocenters. The summed E-state index contributed by atoms with van der Waals surface area (Å²) in [5.41, 5.74) is 6.96. The van der Waals surface area contributed by atoms with Crippen molar-refractivity contribution in [1.82, 2.24) is 9.80 Å². The molecular weight excluding hydrogens is 326 g/mol. The highest BCUT2D eigenvalue weighted by molar-refractivity contribution is 5.95. The van der Waals surface area contributed by atoms with E-state index < -0.39 is 0 Å². The molecule has 1 aromatic rings. The van der Waals surface area contributed by atoms with Crippen LogP contribution in [0.3, 0.4) is 0 Å². The molecule has 24 heavy (non-hydrogen) atoms. The van der Waals surface area contributed by atoms with Crippen LogP contribution in [-0.2, 0) is 4.79 Å². The minimum atomic E-state index is 0. The Labute approximate surface area is 150 Å². The number of carbonyl (C=O) groups is 2. The lowest BCUT2D eigenvalue weighted by atomic mass is 9.94. The van der Waals surface area contributed by atoms with E-state index in [-0.39, 0.29) is 30.1 Å². The van der Waals surface area contributed by atoms with Gasteiger partial charge in [0.2, 0.25) is 5.91 Å². The van der Waals surface area contributed by atoms with Gasteiger partial charge < -0.3 is 15.5 Å². The first-order valence-corrected chi connectivity index (χ1v) is 8.42. The molecule has 0 bridgehead atoms. The van der Waals surface area contributed by atoms with Crippen molar-refractivity contribution in [2.45, 2.75) is 32.6 Å². The Bertz CT molecular complexity index is 557. The van der Waals surface area contributed by atoms with Gasteiger partial charge in [0, 0.05) is 43.9 Å². The smallest absolute Gasteiger partial charge is 0.253 e. The standard InChI is InChI=1S/C18H27N3O2.ClH/c1-3-4-10-20(2)17(22)14-8-11-21(12-9-14)18(23)15-6-5-7-16(19)13-15;/h5-7,13-14H,3-4,8-12,19H2,1-2H3;1H. The number of likely N-dealkylation sites (tertiary alicyclic amines) is 1. The topological polar surface area (TPSA) is 66.6 Å². The Morgan fingerprint density at radius 3 is 2.54 bits per heavy atom. The van der Waals surface area contributed by atoms with E-state index in [2.05, 4.69) is 6.92 Å². The van der Waals surface area contributed by atoms with Crippen molar-refractivity contribution >= 4 is 29.9 Å². The first-order chi connectivity index (χ1) is 11.0. The van der Waals surface area contributed by atoms with Gasteiger partial charge in [-0.3, -0.25) is 9.59 Å². The van der Waals surface area contributed by atoms with Crippen LogP contribution in [0.5, 0.6) is 0 Å². The van der Waals surface area contributed by atoms with E-state index in [1.807, 2.05) is 16.8 Å². The number of carbonyl (C=O) groups excluding carboxylic acids is 2. The van der Waals surface area contributed by atoms with Gasteiger partial charge in [-0.2, -0.15) is 0 Å². The molecule has 6 heteroatoms. The minimum absolute atomic E-state index is 0. The zero-order chi connectivity index (χ0) is 16.8. The molecule has 1 aromatic carbocycles. The third-order valence-electron chi connectivity index (χ3n) is 4.49. The minimum Gasteiger partial charge on any atom is -0.399 e. The third-order valence-corrected chi connectivity index (χ3v) is 4.49. The van der Waals surface area contributed by atoms with Crippen molar-refractivity contribution in [2.75, 3.05) is 32.4 Å². The van der Waals surface area contributed by atoms with Crippen LogP contribution in [0, 0.1) is 5.92 Å². The van der Waals surface area contributed by atoms with Crippen molar-refractivity contribution in [2.24, 2.45) is 5.92 Å². The number of anilines is 1. The summed E-state index contributed by atoms with van der Waals surface area (Å²) >= 11 is 0. The monoisotopic (exact) mass is 353 g/mol. The van der Waals surface area contributed by atoms with Crippen LogP contribution in [0.25, 0.3) is 0 Å². The Balaban J connectivity index is 0.00000288. The summed E-state index contributed by atoms with van der Waals surface area (Å²) in [6, 6.07) is 7.06. The molecular formula is C18H28ClN3O2. The van der Waals surface area contributed by atoms with Gasteiger partial charge >= 0.3 is 0 Å². The Hall–Kier alpha value is -1.75. The van der Waals surface area contributed by atoms with Crippen LogP contribution in [-0.4, -0.2) is 48.3 Å². The van der Waals surface area contributed by atoms with Gasteiger partial charge in [0.1, 0.15) is 0 Å². The van der Waals surface area contributed by atoms with Crippen LogP contribution >= 0.6 is 12.4 Å². The molecule has 1 heterocycles. The van der Waals surface area contributed by atoms with Crippen molar-refractivity contribution in [3.8, 4) is 0 Å². The first kappa shape index (κ1) is 20.3. The molecule has 1 fully saturated rings. The molecule has 0 spiro atoms. The fourth-order valence-corrected chi connectivity index (χ4v) is 3.00. The van der Waals surface area contributed by atoms with E-state index in [0.717, 1.165) is 32.2 Å². The average Bonchev–Trinajstić information content (AvgIpc) is 2.58. The van der Waals surface area contributed by atoms with Crippen LogP contribution in [0.2, 0.25) is 0 Å². The molecule has 1 saturated heterocycles. The highest BCUT2D eigenvalue weighted by Crippen LogP contribution is 2.21. The maximum absolute atomic E-state index is 12.5. The van der Waals surface area contributed by atoms with Crippen LogP contribution < -0.4 is 5.73 Å². The molecule has 2 amide bonds. The summed E-state index contributed by atoms with van der Waals surface area (Å²) in [4.78, 5) is 28.5. The summed E-state index contributed by atoms with van der Waals surface area (Å²) in [5.74, 6) is 0.263. The van der Waals surface area contributed by atoms with E-state index in [0.29, 0.717) is 24.3 Å². The summed E-state index contributed by atoms with van der Waals surface area (Å²) in [7, 11) is 1.88. The normalized spacial score (nSPS) is 14.8. The summed E-state index contributed by atoms with van der Waals surface area (Å²) in [5, 5.41) is 0. The fraction of sp³-hybridized carbons (Fsp3) is 0.556. The second-order valence-corrected chi connectivity index (χ2v) is 6.31. The number of halogens is 1. The van der Waals surface area contributed by atoms with Gasteiger partial charge in [-0.05, 0) is 37.5 Å². The summed E-state index contributed by atoms with van der Waals surface area (Å²) in [6.45, 7) is 4.20. The van der Waals surface area contributed by atoms with Crippen LogP contribution in [0.15, 0.2) is 24.3 Å². The van der Waals surface area contributed by atoms with E-state index in [1.165, 1.54) is 0 Å². The predicted octanol–water partition coefficient (Wildman–Crippen LogP) is 2.80. The fourth-order valence-electron chi connectivity index (χ4n) is 3.00. The predicted molar refractivity (Wildman–Crippen MR) is 99.3 cm³/mol. The molecule has 0 saturated carbocycles. The van der Waals surface area contributed by atoms with Gasteiger partial charge in [0.05, 0.1) is 0 Å². The number of hydrogen-bond donors (Lipinski definition) is 1. The number of amides is 2. The van der Waals surface area contributed by atoms with E-state index >= 15 is 0 Å². The molecule has 0 atom stereocenters. The molecule has 2 N–H and O–H groups in total. The molecule has 5 nitrogen and oxygen atoms in total. The number of piperidine rings is 1. The van der Waals surface area contributed by atoms with Crippen LogP contribution in [0.1, 0.15) is 43.0 Å². The second-order valence-electron chi connectivity index (χ2n) is 6.31. The molecule has 1 aliphatic rings. The van der Waals surface area contributed by atoms with Crippen molar-refractivity contribution in [3.63, 3.8) is 0 Å². The maximum atomic E-state index is 12.5. The summed E-state index contributed by atoms with van der Waals surface area (Å²) in [6.07, 6.45) is 3.60. The number of rotatable bonds is 5. The number of nitrogens with zero attached hydrogens (tertiary/aromatic N) is 2. The number of unbranched alkanes of at least 4 members (excludes halogenated alkanes) is 1. The molecule has 2 rings (SSSR count). The van der Waals surface area contributed by atoms with E-state index in [4.69, 9.17) is 5.73 Å². The highest BCUT2D eigenvalue weighted by atomic mass is 35.5. The van der Waals surface area contributed by atoms with Gasteiger partial charge in [-0.25, -0.2) is 0 Å². The third kappa shape index (κ3) is 5.13. The van der Waals surface area contributed by atoms with Crippen molar-refractivity contribution in [1.29, 1.82) is 0 Å². The zero-order valence-electron chi connectivity index (χ0n) is 14.5. The van der Waals surface area contributed by atoms with Crippen molar-refractivity contribution < 1.29 is 9.59 Å². The zero-order valence-corrected chi connectivity index (χ0v) is 15.3. The molecule has 0 aliphatic carbocycles. The van der Waals surface area contributed by atoms with Gasteiger partial charge in [-0.1, -0.05) is 19.4 Å². The Morgan fingerprint density at radius 2 is 1.96 bits per heavy atom. The molecule has 0 aromatic heterocycles. The number of benzene rings is 1. The van der Waals surface area contributed by atoms with Crippen LogP contribution in [0.4, 0.5) is 5.69 Å². The summed E-state index contributed by atoms with van der Waals surface area (Å²) < 4.78 is 0. The largest absolute Gasteiger partial charge is 0.399 e. The molecule has 0 radical (unpaired) electrons. The van der Waals surface area contributed by atoms with E-state index in [9.17, 15) is 9.59 Å². The van der Waals surface area contributed by atoms with Crippen molar-refractivity contribution in [3.05, 3.63) is 29.8 Å². The van der Waals surface area contributed by atoms with E-state index in [1.54, 1.807) is 24.3 Å². The highest BCUT2D eigenvalue weighted by Gasteiger charge is 2.29. The van der Waals surface area contributed by atoms with Gasteiger partial charge in [0.15, 0.2) is 0 Å². The quantitative estimate of drug-likeness (QED) is 0.828. The lowest BCUT2D eigenvalue weighted by Gasteiger charge is -2.33. The average molecular weight is 354 g/mol. The maximum Gasteiger partial charge on any atom is 0.253 e. The molecule has 134 valence electrons. The number of nitrogens with two attached hydrogens (primary N) is 1.